The lowest BCUT2D eigenvalue weighted by Gasteiger charge is -2.17. The molecule has 0 fully saturated rings. The third-order valence-electron chi connectivity index (χ3n) is 2.60. The fraction of sp³-hybridized carbons (Fsp3) is 0.500. The zero-order valence-corrected chi connectivity index (χ0v) is 11.8. The Morgan fingerprint density at radius 2 is 1.38 bits per heavy atom. The number of carbonyl (C=O) groups is 1. The van der Waals surface area contributed by atoms with Gasteiger partial charge in [0.15, 0.2) is 6.10 Å². The molecule has 0 saturated carbocycles. The first-order chi connectivity index (χ1) is 10.1. The number of aliphatic hydroxyl groups is 4. The third kappa shape index (κ3) is 9.11. The van der Waals surface area contributed by atoms with Gasteiger partial charge in [-0.3, -0.25) is 4.90 Å². The number of aliphatic carboxylic acids is 1. The van der Waals surface area contributed by atoms with Crippen molar-refractivity contribution < 1.29 is 30.3 Å². The Morgan fingerprint density at radius 1 is 0.952 bits per heavy atom. The zero-order chi connectivity index (χ0) is 16.1. The summed E-state index contributed by atoms with van der Waals surface area (Å²) in [6.45, 7) is 1.75. The minimum Gasteiger partial charge on any atom is -0.479 e. The van der Waals surface area contributed by atoms with E-state index in [1.807, 2.05) is 0 Å². The number of carboxylic acid groups (broad SMARTS) is 1. The van der Waals surface area contributed by atoms with Crippen LogP contribution in [0.1, 0.15) is 11.7 Å². The van der Waals surface area contributed by atoms with Gasteiger partial charge < -0.3 is 25.5 Å². The van der Waals surface area contributed by atoms with Gasteiger partial charge in [-0.25, -0.2) is 4.79 Å². The second kappa shape index (κ2) is 12.2. The van der Waals surface area contributed by atoms with Crippen molar-refractivity contribution in [1.29, 1.82) is 0 Å². The summed E-state index contributed by atoms with van der Waals surface area (Å²) in [5, 5.41) is 42.8. The molecule has 0 radical (unpaired) electrons. The zero-order valence-electron chi connectivity index (χ0n) is 11.8. The maximum absolute atomic E-state index is 10.2. The number of rotatable bonds is 8. The molecule has 0 bridgehead atoms. The highest BCUT2D eigenvalue weighted by Crippen LogP contribution is 2.10. The summed E-state index contributed by atoms with van der Waals surface area (Å²) in [7, 11) is 0. The van der Waals surface area contributed by atoms with Crippen molar-refractivity contribution in [2.75, 3.05) is 39.5 Å². The molecule has 1 aromatic carbocycles. The molecule has 0 aliphatic rings. The molecule has 5 N–H and O–H groups in total. The van der Waals surface area contributed by atoms with E-state index in [9.17, 15) is 4.79 Å². The van der Waals surface area contributed by atoms with Gasteiger partial charge in [0.2, 0.25) is 0 Å². The molecular formula is C14H23NO6. The molecule has 21 heavy (non-hydrogen) atoms. The van der Waals surface area contributed by atoms with Crippen molar-refractivity contribution in [3.05, 3.63) is 35.9 Å². The Kier molecular flexibility index (Phi) is 11.4. The van der Waals surface area contributed by atoms with Crippen molar-refractivity contribution >= 4 is 5.97 Å². The maximum Gasteiger partial charge on any atom is 0.337 e. The van der Waals surface area contributed by atoms with Crippen LogP contribution in [0.15, 0.2) is 30.3 Å². The maximum atomic E-state index is 10.2. The number of hydrogen-bond acceptors (Lipinski definition) is 6. The van der Waals surface area contributed by atoms with Crippen molar-refractivity contribution in [3.8, 4) is 0 Å². The number of nitrogens with zero attached hydrogens (tertiary/aromatic N) is 1. The molecule has 0 aliphatic heterocycles. The lowest BCUT2D eigenvalue weighted by molar-refractivity contribution is -0.146. The Hall–Kier alpha value is -1.51. The summed E-state index contributed by atoms with van der Waals surface area (Å²) in [5.74, 6) is -1.23. The number of benzene rings is 1. The molecule has 7 heteroatoms. The molecule has 1 rings (SSSR count). The van der Waals surface area contributed by atoms with Gasteiger partial charge in [-0.1, -0.05) is 30.3 Å². The summed E-state index contributed by atoms with van der Waals surface area (Å²) < 4.78 is 0. The topological polar surface area (TPSA) is 121 Å². The predicted molar refractivity (Wildman–Crippen MR) is 76.7 cm³/mol. The Morgan fingerprint density at radius 3 is 1.71 bits per heavy atom. The number of carboxylic acids is 1. The molecule has 1 atom stereocenters. The van der Waals surface area contributed by atoms with Crippen LogP contribution in [0.25, 0.3) is 0 Å². The van der Waals surface area contributed by atoms with Crippen LogP contribution in [0.5, 0.6) is 0 Å². The van der Waals surface area contributed by atoms with Crippen LogP contribution in [-0.4, -0.2) is 75.9 Å². The molecule has 0 spiro atoms. The van der Waals surface area contributed by atoms with E-state index in [1.165, 1.54) is 0 Å². The molecule has 0 unspecified atom stereocenters. The monoisotopic (exact) mass is 301 g/mol. The minimum atomic E-state index is -1.41. The summed E-state index contributed by atoms with van der Waals surface area (Å²) in [5.41, 5.74) is 0.403. The minimum absolute atomic E-state index is 0.0694. The van der Waals surface area contributed by atoms with Gasteiger partial charge in [-0.2, -0.15) is 0 Å². The van der Waals surface area contributed by atoms with E-state index in [1.54, 1.807) is 35.2 Å². The van der Waals surface area contributed by atoms with Crippen molar-refractivity contribution in [3.63, 3.8) is 0 Å². The first-order valence-corrected chi connectivity index (χ1v) is 6.57. The Balaban J connectivity index is 0.000000384. The molecular weight excluding hydrogens is 278 g/mol. The highest BCUT2D eigenvalue weighted by atomic mass is 16.4. The average molecular weight is 301 g/mol. The summed E-state index contributed by atoms with van der Waals surface area (Å²) >= 11 is 0. The predicted octanol–water partition coefficient (Wildman–Crippen LogP) is -0.930. The molecule has 7 nitrogen and oxygen atoms in total. The molecule has 0 aromatic heterocycles. The van der Waals surface area contributed by atoms with E-state index < -0.39 is 12.1 Å². The standard InChI is InChI=1S/C8H8O3.C6H15NO3/c9-7(8(10)11)6-4-2-1-3-5-6;8-4-1-7(2-5-9)3-6-10/h1-5,7,9H,(H,10,11);8-10H,1-6H2/t7-;/m1./s1. The average Bonchev–Trinajstić information content (AvgIpc) is 2.49. The van der Waals surface area contributed by atoms with Gasteiger partial charge in [0.1, 0.15) is 0 Å². The molecule has 0 heterocycles. The van der Waals surface area contributed by atoms with Gasteiger partial charge in [0.25, 0.3) is 0 Å². The van der Waals surface area contributed by atoms with Crippen LogP contribution < -0.4 is 0 Å². The van der Waals surface area contributed by atoms with E-state index in [-0.39, 0.29) is 19.8 Å². The van der Waals surface area contributed by atoms with Crippen molar-refractivity contribution in [2.24, 2.45) is 0 Å². The first-order valence-electron chi connectivity index (χ1n) is 6.57. The van der Waals surface area contributed by atoms with Gasteiger partial charge in [-0.15, -0.1) is 0 Å². The van der Waals surface area contributed by atoms with E-state index >= 15 is 0 Å². The SMILES string of the molecule is O=C(O)[C@H](O)c1ccccc1.OCCN(CCO)CCO. The Bertz CT molecular complexity index is 359. The fourth-order valence-electron chi connectivity index (χ4n) is 1.54. The number of hydrogen-bond donors (Lipinski definition) is 5. The van der Waals surface area contributed by atoms with E-state index in [0.717, 1.165) is 0 Å². The Labute approximate surface area is 123 Å². The van der Waals surface area contributed by atoms with Crippen LogP contribution in [0, 0.1) is 0 Å². The first kappa shape index (κ1) is 19.5. The van der Waals surface area contributed by atoms with E-state index in [2.05, 4.69) is 0 Å². The second-order valence-electron chi connectivity index (χ2n) is 4.16. The molecule has 0 aliphatic carbocycles. The summed E-state index contributed by atoms with van der Waals surface area (Å²) in [6.07, 6.45) is -1.41. The quantitative estimate of drug-likeness (QED) is 0.420. The van der Waals surface area contributed by atoms with Crippen molar-refractivity contribution in [2.45, 2.75) is 6.10 Å². The molecule has 0 saturated heterocycles. The van der Waals surface area contributed by atoms with E-state index in [0.29, 0.717) is 25.2 Å². The van der Waals surface area contributed by atoms with Crippen LogP contribution in [0.2, 0.25) is 0 Å². The smallest absolute Gasteiger partial charge is 0.337 e. The van der Waals surface area contributed by atoms with Gasteiger partial charge in [-0.05, 0) is 5.56 Å². The van der Waals surface area contributed by atoms with E-state index in [4.69, 9.17) is 25.5 Å². The highest BCUT2D eigenvalue weighted by molar-refractivity contribution is 5.73. The fourth-order valence-corrected chi connectivity index (χ4v) is 1.54. The molecule has 120 valence electrons. The van der Waals surface area contributed by atoms with Crippen molar-refractivity contribution in [1.82, 2.24) is 4.90 Å². The van der Waals surface area contributed by atoms with Gasteiger partial charge in [0.05, 0.1) is 19.8 Å². The molecule has 0 amide bonds. The lowest BCUT2D eigenvalue weighted by atomic mass is 10.1. The van der Waals surface area contributed by atoms with Crippen LogP contribution in [-0.2, 0) is 4.79 Å². The largest absolute Gasteiger partial charge is 0.479 e. The lowest BCUT2D eigenvalue weighted by Crippen LogP contribution is -2.32. The van der Waals surface area contributed by atoms with Gasteiger partial charge >= 0.3 is 5.97 Å². The summed E-state index contributed by atoms with van der Waals surface area (Å²) in [4.78, 5) is 12.0. The highest BCUT2D eigenvalue weighted by Gasteiger charge is 2.14. The second-order valence-corrected chi connectivity index (χ2v) is 4.16. The summed E-state index contributed by atoms with van der Waals surface area (Å²) in [6, 6.07) is 8.26. The van der Waals surface area contributed by atoms with Crippen LogP contribution >= 0.6 is 0 Å². The third-order valence-corrected chi connectivity index (χ3v) is 2.60. The van der Waals surface area contributed by atoms with Crippen LogP contribution in [0.3, 0.4) is 0 Å². The number of aliphatic hydroxyl groups excluding tert-OH is 4. The molecule has 1 aromatic rings. The normalized spacial score (nSPS) is 11.7. The van der Waals surface area contributed by atoms with Crippen LogP contribution in [0.4, 0.5) is 0 Å². The van der Waals surface area contributed by atoms with Gasteiger partial charge in [0, 0.05) is 19.6 Å².